The van der Waals surface area contributed by atoms with Gasteiger partial charge >= 0.3 is 5.97 Å². The Morgan fingerprint density at radius 3 is 2.58 bits per heavy atom. The second-order valence-corrected chi connectivity index (χ2v) is 4.26. The van der Waals surface area contributed by atoms with Gasteiger partial charge in [0.15, 0.2) is 0 Å². The molecule has 1 amide bonds. The predicted molar refractivity (Wildman–Crippen MR) is 75.9 cm³/mol. The number of hydrogen-bond acceptors (Lipinski definition) is 5. The Kier molecular flexibility index (Phi) is 6.99. The summed E-state index contributed by atoms with van der Waals surface area (Å²) in [5.41, 5.74) is 1.08. The highest BCUT2D eigenvalue weighted by Crippen LogP contribution is 1.99. The average Bonchev–Trinajstić information content (AvgIpc) is 2.46. The molecule has 0 aliphatic carbocycles. The SMILES string of the molecule is COC(=O)CNC(=O)[C@H](CS)NCc1ccccc1. The molecule has 0 aromatic heterocycles. The number of nitrogens with one attached hydrogen (secondary N) is 2. The number of carbonyl (C=O) groups is 2. The summed E-state index contributed by atoms with van der Waals surface area (Å²) in [6.07, 6.45) is 0. The summed E-state index contributed by atoms with van der Waals surface area (Å²) in [4.78, 5) is 22.7. The summed E-state index contributed by atoms with van der Waals surface area (Å²) in [5, 5.41) is 5.58. The minimum atomic E-state index is -0.477. The highest BCUT2D eigenvalue weighted by Gasteiger charge is 2.16. The lowest BCUT2D eigenvalue weighted by Gasteiger charge is -2.16. The number of rotatable bonds is 7. The minimum absolute atomic E-state index is 0.132. The van der Waals surface area contributed by atoms with Crippen molar-refractivity contribution in [1.82, 2.24) is 10.6 Å². The van der Waals surface area contributed by atoms with Gasteiger partial charge in [0.1, 0.15) is 6.54 Å². The highest BCUT2D eigenvalue weighted by molar-refractivity contribution is 7.80. The molecular weight excluding hydrogens is 264 g/mol. The number of amides is 1. The van der Waals surface area contributed by atoms with Crippen molar-refractivity contribution in [1.29, 1.82) is 0 Å². The Morgan fingerprint density at radius 2 is 2.00 bits per heavy atom. The Labute approximate surface area is 118 Å². The molecule has 6 heteroatoms. The van der Waals surface area contributed by atoms with Crippen molar-refractivity contribution < 1.29 is 14.3 Å². The van der Waals surface area contributed by atoms with E-state index in [-0.39, 0.29) is 12.5 Å². The van der Waals surface area contributed by atoms with Crippen LogP contribution in [0.5, 0.6) is 0 Å². The molecule has 0 saturated carbocycles. The molecule has 2 N–H and O–H groups in total. The second-order valence-electron chi connectivity index (χ2n) is 3.90. The third-order valence-corrected chi connectivity index (χ3v) is 2.89. The number of methoxy groups -OCH3 is 1. The summed E-state index contributed by atoms with van der Waals surface area (Å²) >= 11 is 4.13. The van der Waals surface area contributed by atoms with E-state index in [0.717, 1.165) is 5.56 Å². The number of thiol groups is 1. The molecule has 0 heterocycles. The number of benzene rings is 1. The van der Waals surface area contributed by atoms with E-state index in [1.54, 1.807) is 0 Å². The molecule has 0 radical (unpaired) electrons. The van der Waals surface area contributed by atoms with E-state index in [1.165, 1.54) is 7.11 Å². The molecule has 0 aliphatic heterocycles. The zero-order valence-corrected chi connectivity index (χ0v) is 11.7. The van der Waals surface area contributed by atoms with E-state index in [1.807, 2.05) is 30.3 Å². The van der Waals surface area contributed by atoms with E-state index in [9.17, 15) is 9.59 Å². The molecule has 1 aromatic rings. The molecule has 1 rings (SSSR count). The monoisotopic (exact) mass is 282 g/mol. The van der Waals surface area contributed by atoms with Gasteiger partial charge in [-0.3, -0.25) is 9.59 Å². The topological polar surface area (TPSA) is 67.4 Å². The molecule has 19 heavy (non-hydrogen) atoms. The fourth-order valence-corrected chi connectivity index (χ4v) is 1.73. The van der Waals surface area contributed by atoms with Crippen LogP contribution in [-0.4, -0.2) is 37.3 Å². The van der Waals surface area contributed by atoms with Crippen molar-refractivity contribution in [2.24, 2.45) is 0 Å². The molecule has 0 bridgehead atoms. The lowest BCUT2D eigenvalue weighted by molar-refractivity contribution is -0.141. The first-order valence-electron chi connectivity index (χ1n) is 5.90. The van der Waals surface area contributed by atoms with E-state index >= 15 is 0 Å². The Balaban J connectivity index is 2.40. The van der Waals surface area contributed by atoms with E-state index in [4.69, 9.17) is 0 Å². The maximum absolute atomic E-state index is 11.8. The number of hydrogen-bond donors (Lipinski definition) is 3. The van der Waals surface area contributed by atoms with Gasteiger partial charge in [-0.15, -0.1) is 0 Å². The lowest BCUT2D eigenvalue weighted by Crippen LogP contribution is -2.46. The Morgan fingerprint density at radius 1 is 1.32 bits per heavy atom. The van der Waals surface area contributed by atoms with Crippen molar-refractivity contribution in [2.45, 2.75) is 12.6 Å². The van der Waals surface area contributed by atoms with Crippen molar-refractivity contribution >= 4 is 24.5 Å². The standard InChI is InChI=1S/C13H18N2O3S/c1-18-12(16)8-15-13(17)11(9-19)14-7-10-5-3-2-4-6-10/h2-6,11,14,19H,7-9H2,1H3,(H,15,17)/t11-/m0/s1. The van der Waals surface area contributed by atoms with Crippen LogP contribution < -0.4 is 10.6 Å². The first-order chi connectivity index (χ1) is 9.17. The van der Waals surface area contributed by atoms with Gasteiger partial charge in [-0.05, 0) is 5.56 Å². The first-order valence-corrected chi connectivity index (χ1v) is 6.53. The average molecular weight is 282 g/mol. The normalized spacial score (nSPS) is 11.7. The summed E-state index contributed by atoms with van der Waals surface area (Å²) in [6, 6.07) is 9.29. The fraction of sp³-hybridized carbons (Fsp3) is 0.385. The van der Waals surface area contributed by atoms with E-state index in [2.05, 4.69) is 28.0 Å². The highest BCUT2D eigenvalue weighted by atomic mass is 32.1. The van der Waals surface area contributed by atoms with Crippen LogP contribution in [0.2, 0.25) is 0 Å². The smallest absolute Gasteiger partial charge is 0.325 e. The molecule has 0 spiro atoms. The summed E-state index contributed by atoms with van der Waals surface area (Å²) < 4.78 is 4.45. The quantitative estimate of drug-likeness (QED) is 0.499. The molecule has 0 unspecified atom stereocenters. The van der Waals surface area contributed by atoms with Crippen LogP contribution in [0.25, 0.3) is 0 Å². The van der Waals surface area contributed by atoms with Crippen LogP contribution in [-0.2, 0) is 20.9 Å². The van der Waals surface area contributed by atoms with Crippen LogP contribution in [0.15, 0.2) is 30.3 Å². The number of ether oxygens (including phenoxy) is 1. The predicted octanol–water partition coefficient (Wildman–Crippen LogP) is 0.364. The van der Waals surface area contributed by atoms with Gasteiger partial charge < -0.3 is 15.4 Å². The molecule has 5 nitrogen and oxygen atoms in total. The summed E-state index contributed by atoms with van der Waals surface area (Å²) in [6.45, 7) is 0.435. The largest absolute Gasteiger partial charge is 0.468 e. The Bertz CT molecular complexity index is 412. The summed E-state index contributed by atoms with van der Waals surface area (Å²) in [5.74, 6) is -0.398. The zero-order valence-electron chi connectivity index (χ0n) is 10.8. The molecular formula is C13H18N2O3S. The first kappa shape index (κ1) is 15.5. The zero-order chi connectivity index (χ0) is 14.1. The van der Waals surface area contributed by atoms with Gasteiger partial charge in [0.2, 0.25) is 5.91 Å². The molecule has 0 fully saturated rings. The number of esters is 1. The van der Waals surface area contributed by atoms with E-state index < -0.39 is 12.0 Å². The second kappa shape index (κ2) is 8.55. The van der Waals surface area contributed by atoms with Crippen LogP contribution in [0.3, 0.4) is 0 Å². The van der Waals surface area contributed by atoms with Crippen molar-refractivity contribution in [3.05, 3.63) is 35.9 Å². The van der Waals surface area contributed by atoms with Gasteiger partial charge in [0.05, 0.1) is 13.2 Å². The third kappa shape index (κ3) is 5.76. The molecule has 1 aromatic carbocycles. The summed E-state index contributed by atoms with van der Waals surface area (Å²) in [7, 11) is 1.28. The van der Waals surface area contributed by atoms with Crippen molar-refractivity contribution in [3.63, 3.8) is 0 Å². The minimum Gasteiger partial charge on any atom is -0.468 e. The van der Waals surface area contributed by atoms with Gasteiger partial charge in [-0.2, -0.15) is 12.6 Å². The van der Waals surface area contributed by atoms with Gasteiger partial charge in [0, 0.05) is 12.3 Å². The maximum Gasteiger partial charge on any atom is 0.325 e. The maximum atomic E-state index is 11.8. The van der Waals surface area contributed by atoms with Crippen molar-refractivity contribution in [2.75, 3.05) is 19.4 Å². The van der Waals surface area contributed by atoms with Crippen LogP contribution >= 0.6 is 12.6 Å². The lowest BCUT2D eigenvalue weighted by atomic mass is 10.2. The van der Waals surface area contributed by atoms with Crippen LogP contribution in [0.1, 0.15) is 5.56 Å². The number of carbonyl (C=O) groups excluding carboxylic acids is 2. The molecule has 104 valence electrons. The van der Waals surface area contributed by atoms with Crippen LogP contribution in [0.4, 0.5) is 0 Å². The molecule has 0 saturated heterocycles. The van der Waals surface area contributed by atoms with Gasteiger partial charge in [0.25, 0.3) is 0 Å². The molecule has 0 aliphatic rings. The van der Waals surface area contributed by atoms with Crippen LogP contribution in [0, 0.1) is 0 Å². The van der Waals surface area contributed by atoms with Gasteiger partial charge in [-0.25, -0.2) is 0 Å². The van der Waals surface area contributed by atoms with Crippen molar-refractivity contribution in [3.8, 4) is 0 Å². The van der Waals surface area contributed by atoms with Gasteiger partial charge in [-0.1, -0.05) is 30.3 Å². The van der Waals surface area contributed by atoms with E-state index in [0.29, 0.717) is 12.3 Å². The molecule has 1 atom stereocenters. The Hall–Kier alpha value is -1.53. The fourth-order valence-electron chi connectivity index (χ4n) is 1.43. The third-order valence-electron chi connectivity index (χ3n) is 2.53.